The molecule has 0 spiro atoms. The van der Waals surface area contributed by atoms with Gasteiger partial charge in [0.05, 0.1) is 18.8 Å². The Hall–Kier alpha value is -0.650. The fourth-order valence-electron chi connectivity index (χ4n) is 2.53. The SMILES string of the molecule is NC1(C(=O)NC2CCCCCC2O)CCOC1. The average molecular weight is 242 g/mol. The van der Waals surface area contributed by atoms with Crippen molar-refractivity contribution in [3.05, 3.63) is 0 Å². The molecule has 3 unspecified atom stereocenters. The molecule has 4 N–H and O–H groups in total. The van der Waals surface area contributed by atoms with Gasteiger partial charge in [-0.15, -0.1) is 0 Å². The van der Waals surface area contributed by atoms with Crippen LogP contribution >= 0.6 is 0 Å². The summed E-state index contributed by atoms with van der Waals surface area (Å²) in [5.41, 5.74) is 5.09. The van der Waals surface area contributed by atoms with E-state index in [4.69, 9.17) is 10.5 Å². The lowest BCUT2D eigenvalue weighted by Gasteiger charge is -2.27. The minimum Gasteiger partial charge on any atom is -0.391 e. The second-order valence-corrected chi connectivity index (χ2v) is 5.24. The smallest absolute Gasteiger partial charge is 0.242 e. The van der Waals surface area contributed by atoms with Crippen LogP contribution in [0.5, 0.6) is 0 Å². The highest BCUT2D eigenvalue weighted by Gasteiger charge is 2.39. The highest BCUT2D eigenvalue weighted by atomic mass is 16.5. The molecule has 0 radical (unpaired) electrons. The average Bonchev–Trinajstić information content (AvgIpc) is 2.65. The standard InChI is InChI=1S/C12H22N2O3/c13-12(6-7-17-8-12)11(16)14-9-4-2-1-3-5-10(9)15/h9-10,15H,1-8,13H2,(H,14,16). The number of aliphatic hydroxyl groups is 1. The Labute approximate surface area is 102 Å². The van der Waals surface area contributed by atoms with Crippen molar-refractivity contribution >= 4 is 5.91 Å². The van der Waals surface area contributed by atoms with Crippen molar-refractivity contribution < 1.29 is 14.6 Å². The number of hydrogen-bond donors (Lipinski definition) is 3. The van der Waals surface area contributed by atoms with E-state index in [0.29, 0.717) is 13.0 Å². The van der Waals surface area contributed by atoms with E-state index in [-0.39, 0.29) is 18.6 Å². The Balaban J connectivity index is 1.92. The number of ether oxygens (including phenoxy) is 1. The van der Waals surface area contributed by atoms with Crippen molar-refractivity contribution in [3.63, 3.8) is 0 Å². The minimum absolute atomic E-state index is 0.147. The molecule has 0 aromatic carbocycles. The number of amides is 1. The third-order valence-electron chi connectivity index (χ3n) is 3.80. The summed E-state index contributed by atoms with van der Waals surface area (Å²) in [6.45, 7) is 0.818. The van der Waals surface area contributed by atoms with Crippen LogP contribution in [0, 0.1) is 0 Å². The predicted molar refractivity (Wildman–Crippen MR) is 63.4 cm³/mol. The van der Waals surface area contributed by atoms with Crippen molar-refractivity contribution in [2.75, 3.05) is 13.2 Å². The molecule has 1 aliphatic heterocycles. The van der Waals surface area contributed by atoms with Gasteiger partial charge in [-0.3, -0.25) is 4.79 Å². The molecule has 5 nitrogen and oxygen atoms in total. The van der Waals surface area contributed by atoms with E-state index in [9.17, 15) is 9.90 Å². The minimum atomic E-state index is -0.897. The summed E-state index contributed by atoms with van der Waals surface area (Å²) in [5, 5.41) is 12.8. The first-order valence-corrected chi connectivity index (χ1v) is 6.47. The summed E-state index contributed by atoms with van der Waals surface area (Å²) in [6.07, 6.45) is 4.93. The maximum atomic E-state index is 12.1. The van der Waals surface area contributed by atoms with Crippen LogP contribution in [-0.4, -0.2) is 41.9 Å². The summed E-state index contributed by atoms with van der Waals surface area (Å²) in [6, 6.07) is -0.147. The van der Waals surface area contributed by atoms with Crippen LogP contribution in [0.3, 0.4) is 0 Å². The van der Waals surface area contributed by atoms with E-state index < -0.39 is 11.6 Å². The zero-order valence-electron chi connectivity index (χ0n) is 10.2. The Morgan fingerprint density at radius 2 is 2.12 bits per heavy atom. The molecule has 2 rings (SSSR count). The van der Waals surface area contributed by atoms with E-state index >= 15 is 0 Å². The topological polar surface area (TPSA) is 84.6 Å². The van der Waals surface area contributed by atoms with Gasteiger partial charge >= 0.3 is 0 Å². The van der Waals surface area contributed by atoms with Gasteiger partial charge in [-0.1, -0.05) is 19.3 Å². The van der Waals surface area contributed by atoms with Gasteiger partial charge in [0.15, 0.2) is 0 Å². The number of aliphatic hydroxyl groups excluding tert-OH is 1. The number of carbonyl (C=O) groups excluding carboxylic acids is 1. The molecule has 1 heterocycles. The molecule has 17 heavy (non-hydrogen) atoms. The Morgan fingerprint density at radius 3 is 2.82 bits per heavy atom. The van der Waals surface area contributed by atoms with Gasteiger partial charge in [-0.25, -0.2) is 0 Å². The van der Waals surface area contributed by atoms with E-state index in [0.717, 1.165) is 32.1 Å². The van der Waals surface area contributed by atoms with Crippen LogP contribution in [0.25, 0.3) is 0 Å². The predicted octanol–water partition coefficient (Wildman–Crippen LogP) is -0.0860. The van der Waals surface area contributed by atoms with Crippen LogP contribution in [-0.2, 0) is 9.53 Å². The molecule has 3 atom stereocenters. The van der Waals surface area contributed by atoms with Crippen LogP contribution in [0.15, 0.2) is 0 Å². The molecule has 98 valence electrons. The first-order chi connectivity index (χ1) is 8.12. The zero-order valence-corrected chi connectivity index (χ0v) is 10.2. The van der Waals surface area contributed by atoms with Gasteiger partial charge in [0.1, 0.15) is 5.54 Å². The van der Waals surface area contributed by atoms with Crippen molar-refractivity contribution in [1.82, 2.24) is 5.32 Å². The van der Waals surface area contributed by atoms with Crippen molar-refractivity contribution in [2.45, 2.75) is 56.2 Å². The van der Waals surface area contributed by atoms with Gasteiger partial charge in [0, 0.05) is 6.61 Å². The van der Waals surface area contributed by atoms with Gasteiger partial charge in [-0.05, 0) is 19.3 Å². The second-order valence-electron chi connectivity index (χ2n) is 5.24. The highest BCUT2D eigenvalue weighted by molar-refractivity contribution is 5.86. The van der Waals surface area contributed by atoms with Gasteiger partial charge in [-0.2, -0.15) is 0 Å². The lowest BCUT2D eigenvalue weighted by molar-refractivity contribution is -0.128. The molecule has 0 aromatic heterocycles. The van der Waals surface area contributed by atoms with Gasteiger partial charge < -0.3 is 20.9 Å². The molecule has 0 aromatic rings. The molecular weight excluding hydrogens is 220 g/mol. The molecule has 2 aliphatic rings. The fraction of sp³-hybridized carbons (Fsp3) is 0.917. The van der Waals surface area contributed by atoms with E-state index in [1.807, 2.05) is 0 Å². The number of nitrogens with one attached hydrogen (secondary N) is 1. The monoisotopic (exact) mass is 242 g/mol. The molecule has 5 heteroatoms. The first kappa shape index (κ1) is 12.8. The summed E-state index contributed by atoms with van der Waals surface area (Å²) in [4.78, 5) is 12.1. The maximum absolute atomic E-state index is 12.1. The summed E-state index contributed by atoms with van der Waals surface area (Å²) >= 11 is 0. The van der Waals surface area contributed by atoms with Crippen LogP contribution < -0.4 is 11.1 Å². The number of rotatable bonds is 2. The van der Waals surface area contributed by atoms with Crippen molar-refractivity contribution in [1.29, 1.82) is 0 Å². The molecule has 1 saturated heterocycles. The van der Waals surface area contributed by atoms with Gasteiger partial charge in [0.25, 0.3) is 0 Å². The van der Waals surface area contributed by atoms with Crippen LogP contribution in [0.2, 0.25) is 0 Å². The molecule has 1 aliphatic carbocycles. The largest absolute Gasteiger partial charge is 0.391 e. The molecule has 1 amide bonds. The molecule has 0 bridgehead atoms. The fourth-order valence-corrected chi connectivity index (χ4v) is 2.53. The van der Waals surface area contributed by atoms with Crippen LogP contribution in [0.4, 0.5) is 0 Å². The van der Waals surface area contributed by atoms with E-state index in [2.05, 4.69) is 5.32 Å². The van der Waals surface area contributed by atoms with Gasteiger partial charge in [0.2, 0.25) is 5.91 Å². The van der Waals surface area contributed by atoms with Crippen molar-refractivity contribution in [2.24, 2.45) is 5.73 Å². The summed E-state index contributed by atoms with van der Waals surface area (Å²) in [7, 11) is 0. The summed E-state index contributed by atoms with van der Waals surface area (Å²) in [5.74, 6) is -0.180. The number of nitrogens with two attached hydrogens (primary N) is 1. The lowest BCUT2D eigenvalue weighted by atomic mass is 9.97. The van der Waals surface area contributed by atoms with Crippen molar-refractivity contribution in [3.8, 4) is 0 Å². The van der Waals surface area contributed by atoms with Crippen LogP contribution in [0.1, 0.15) is 38.5 Å². The quantitative estimate of drug-likeness (QED) is 0.591. The lowest BCUT2D eigenvalue weighted by Crippen LogP contribution is -2.58. The van der Waals surface area contributed by atoms with E-state index in [1.165, 1.54) is 0 Å². The summed E-state index contributed by atoms with van der Waals surface area (Å²) < 4.78 is 5.17. The second kappa shape index (κ2) is 5.33. The third kappa shape index (κ3) is 2.97. The molecule has 1 saturated carbocycles. The number of carbonyl (C=O) groups is 1. The Morgan fingerprint density at radius 1 is 1.35 bits per heavy atom. The number of hydrogen-bond acceptors (Lipinski definition) is 4. The Bertz CT molecular complexity index is 277. The third-order valence-corrected chi connectivity index (χ3v) is 3.80. The molecule has 2 fully saturated rings. The maximum Gasteiger partial charge on any atom is 0.242 e. The normalized spacial score (nSPS) is 38.7. The Kier molecular flexibility index (Phi) is 4.01. The van der Waals surface area contributed by atoms with E-state index in [1.54, 1.807) is 0 Å². The zero-order chi connectivity index (χ0) is 12.3. The highest BCUT2D eigenvalue weighted by Crippen LogP contribution is 2.20. The molecular formula is C12H22N2O3. The first-order valence-electron chi connectivity index (χ1n) is 6.47.